The second kappa shape index (κ2) is 9.53. The molecule has 156 valence electrons. The van der Waals surface area contributed by atoms with Gasteiger partial charge >= 0.3 is 0 Å². The maximum atomic E-state index is 12.7. The number of ether oxygens (including phenoxy) is 2. The van der Waals surface area contributed by atoms with E-state index in [-0.39, 0.29) is 11.5 Å². The summed E-state index contributed by atoms with van der Waals surface area (Å²) in [6.07, 6.45) is 2.00. The van der Waals surface area contributed by atoms with Crippen LogP contribution < -0.4 is 9.47 Å². The highest BCUT2D eigenvalue weighted by Gasteiger charge is 2.15. The number of carbonyl (C=O) groups is 1. The van der Waals surface area contributed by atoms with Crippen molar-refractivity contribution in [3.05, 3.63) is 90.6 Å². The average molecular weight is 431 g/mol. The lowest BCUT2D eigenvalue weighted by atomic mass is 10.1. The van der Waals surface area contributed by atoms with E-state index in [2.05, 4.69) is 0 Å². The third kappa shape index (κ3) is 4.81. The Morgan fingerprint density at radius 3 is 2.10 bits per heavy atom. The van der Waals surface area contributed by atoms with Crippen molar-refractivity contribution < 1.29 is 14.3 Å². The van der Waals surface area contributed by atoms with E-state index in [1.807, 2.05) is 65.4 Å². The Morgan fingerprint density at radius 1 is 0.871 bits per heavy atom. The number of methoxy groups -OCH3 is 2. The number of nitrogens with zero attached hydrogens (tertiary/aromatic N) is 2. The normalized spacial score (nSPS) is 10.6. The zero-order chi connectivity index (χ0) is 21.6. The van der Waals surface area contributed by atoms with E-state index in [1.165, 1.54) is 11.8 Å². The van der Waals surface area contributed by atoms with Crippen LogP contribution in [0.2, 0.25) is 0 Å². The van der Waals surface area contributed by atoms with Gasteiger partial charge in [-0.2, -0.15) is 0 Å². The predicted molar refractivity (Wildman–Crippen MR) is 124 cm³/mol. The summed E-state index contributed by atoms with van der Waals surface area (Å²) >= 11 is 1.42. The second-order valence-electron chi connectivity index (χ2n) is 6.78. The van der Waals surface area contributed by atoms with Crippen molar-refractivity contribution in [2.45, 2.75) is 5.16 Å². The van der Waals surface area contributed by atoms with Gasteiger partial charge in [0, 0.05) is 23.0 Å². The summed E-state index contributed by atoms with van der Waals surface area (Å²) in [5.41, 5.74) is 3.49. The zero-order valence-electron chi connectivity index (χ0n) is 17.3. The molecule has 1 aromatic heterocycles. The summed E-state index contributed by atoms with van der Waals surface area (Å²) in [6.45, 7) is 0. The van der Waals surface area contributed by atoms with Crippen LogP contribution >= 0.6 is 11.8 Å². The number of thioether (sulfide) groups is 1. The monoisotopic (exact) mass is 430 g/mol. The molecule has 0 N–H and O–H groups in total. The van der Waals surface area contributed by atoms with Gasteiger partial charge < -0.3 is 9.47 Å². The lowest BCUT2D eigenvalue weighted by molar-refractivity contribution is 0.102. The van der Waals surface area contributed by atoms with Crippen LogP contribution in [0, 0.1) is 0 Å². The van der Waals surface area contributed by atoms with Crippen molar-refractivity contribution in [2.24, 2.45) is 0 Å². The van der Waals surface area contributed by atoms with Crippen molar-refractivity contribution in [3.8, 4) is 28.4 Å². The minimum absolute atomic E-state index is 0.0400. The van der Waals surface area contributed by atoms with Gasteiger partial charge in [0.05, 0.1) is 25.7 Å². The molecule has 0 saturated carbocycles. The molecule has 4 rings (SSSR count). The lowest BCUT2D eigenvalue weighted by Gasteiger charge is -2.08. The molecule has 0 saturated heterocycles. The molecule has 0 amide bonds. The highest BCUT2D eigenvalue weighted by atomic mass is 32.2. The van der Waals surface area contributed by atoms with Crippen LogP contribution in [0.3, 0.4) is 0 Å². The van der Waals surface area contributed by atoms with Gasteiger partial charge in [-0.1, -0.05) is 42.1 Å². The molecule has 0 unspecified atom stereocenters. The zero-order valence-corrected chi connectivity index (χ0v) is 18.1. The van der Waals surface area contributed by atoms with E-state index in [0.717, 1.165) is 33.6 Å². The SMILES string of the molecule is COc1ccc(C(=O)CSc2nc(-c3ccccc3)cn2-c2ccc(OC)cc2)cc1. The quantitative estimate of drug-likeness (QED) is 0.272. The van der Waals surface area contributed by atoms with E-state index < -0.39 is 0 Å². The molecule has 0 aliphatic heterocycles. The maximum Gasteiger partial charge on any atom is 0.173 e. The molecule has 0 fully saturated rings. The largest absolute Gasteiger partial charge is 0.497 e. The van der Waals surface area contributed by atoms with Crippen molar-refractivity contribution in [2.75, 3.05) is 20.0 Å². The molecule has 0 atom stereocenters. The van der Waals surface area contributed by atoms with E-state index in [4.69, 9.17) is 14.5 Å². The molecule has 1 heterocycles. The van der Waals surface area contributed by atoms with Crippen LogP contribution in [0.4, 0.5) is 0 Å². The Labute approximate surface area is 185 Å². The number of rotatable bonds is 8. The van der Waals surface area contributed by atoms with Crippen LogP contribution in [0.15, 0.2) is 90.2 Å². The van der Waals surface area contributed by atoms with Crippen molar-refractivity contribution in [1.82, 2.24) is 9.55 Å². The van der Waals surface area contributed by atoms with Crippen molar-refractivity contribution >= 4 is 17.5 Å². The predicted octanol–water partition coefficient (Wildman–Crippen LogP) is 5.53. The van der Waals surface area contributed by atoms with Crippen molar-refractivity contribution in [3.63, 3.8) is 0 Å². The summed E-state index contributed by atoms with van der Waals surface area (Å²) in [4.78, 5) is 17.5. The minimum Gasteiger partial charge on any atom is -0.497 e. The van der Waals surface area contributed by atoms with Crippen LogP contribution in [0.25, 0.3) is 16.9 Å². The van der Waals surface area contributed by atoms with Gasteiger partial charge in [-0.3, -0.25) is 9.36 Å². The molecular formula is C25H22N2O3S. The summed E-state index contributed by atoms with van der Waals surface area (Å²) in [5, 5.41) is 0.755. The summed E-state index contributed by atoms with van der Waals surface area (Å²) in [7, 11) is 3.25. The van der Waals surface area contributed by atoms with E-state index in [9.17, 15) is 4.79 Å². The summed E-state index contributed by atoms with van der Waals surface area (Å²) < 4.78 is 12.4. The molecular weight excluding hydrogens is 408 g/mol. The van der Waals surface area contributed by atoms with E-state index in [0.29, 0.717) is 5.56 Å². The Kier molecular flexibility index (Phi) is 6.38. The molecule has 6 heteroatoms. The summed E-state index contributed by atoms with van der Waals surface area (Å²) in [6, 6.07) is 24.9. The first kappa shape index (κ1) is 20.8. The first-order chi connectivity index (χ1) is 15.2. The molecule has 0 aliphatic rings. The standard InChI is InChI=1S/C25H22N2O3S/c1-29-21-12-8-19(9-13-21)24(28)17-31-25-26-23(18-6-4-3-5-7-18)16-27(25)20-10-14-22(30-2)15-11-20/h3-16H,17H2,1-2H3. The number of benzene rings is 3. The molecule has 5 nitrogen and oxygen atoms in total. The molecule has 31 heavy (non-hydrogen) atoms. The van der Waals surface area contributed by atoms with Gasteiger partial charge in [0.15, 0.2) is 10.9 Å². The third-order valence-electron chi connectivity index (χ3n) is 4.84. The molecule has 4 aromatic rings. The van der Waals surface area contributed by atoms with Gasteiger partial charge in [0.2, 0.25) is 0 Å². The van der Waals surface area contributed by atoms with Gasteiger partial charge in [0.25, 0.3) is 0 Å². The van der Waals surface area contributed by atoms with Gasteiger partial charge in [-0.25, -0.2) is 4.98 Å². The lowest BCUT2D eigenvalue weighted by Crippen LogP contribution is -2.04. The van der Waals surface area contributed by atoms with Crippen LogP contribution in [0.1, 0.15) is 10.4 Å². The van der Waals surface area contributed by atoms with Gasteiger partial charge in [-0.15, -0.1) is 0 Å². The number of imidazole rings is 1. The minimum atomic E-state index is 0.0400. The smallest absolute Gasteiger partial charge is 0.173 e. The Bertz CT molecular complexity index is 1150. The second-order valence-corrected chi connectivity index (χ2v) is 7.73. The van der Waals surface area contributed by atoms with E-state index in [1.54, 1.807) is 38.5 Å². The molecule has 0 bridgehead atoms. The van der Waals surface area contributed by atoms with Crippen molar-refractivity contribution in [1.29, 1.82) is 0 Å². The highest BCUT2D eigenvalue weighted by molar-refractivity contribution is 7.99. The number of aromatic nitrogens is 2. The average Bonchev–Trinajstić information content (AvgIpc) is 3.27. The Balaban J connectivity index is 1.61. The number of carbonyl (C=O) groups excluding carboxylic acids is 1. The molecule has 3 aromatic carbocycles. The number of Topliss-reactive ketones (excluding diaryl/α,β-unsaturated/α-hetero) is 1. The topological polar surface area (TPSA) is 53.3 Å². The van der Waals surface area contributed by atoms with Crippen LogP contribution in [-0.4, -0.2) is 35.3 Å². The molecule has 0 aliphatic carbocycles. The first-order valence-electron chi connectivity index (χ1n) is 9.77. The first-order valence-corrected chi connectivity index (χ1v) is 10.8. The fourth-order valence-electron chi connectivity index (χ4n) is 3.13. The summed E-state index contributed by atoms with van der Waals surface area (Å²) in [5.74, 6) is 1.84. The Hall–Kier alpha value is -3.51. The maximum absolute atomic E-state index is 12.7. The highest BCUT2D eigenvalue weighted by Crippen LogP contribution is 2.28. The fourth-order valence-corrected chi connectivity index (χ4v) is 4.02. The number of hydrogen-bond donors (Lipinski definition) is 0. The number of hydrogen-bond acceptors (Lipinski definition) is 5. The fraction of sp³-hybridized carbons (Fsp3) is 0.120. The molecule has 0 radical (unpaired) electrons. The van der Waals surface area contributed by atoms with Gasteiger partial charge in [-0.05, 0) is 48.5 Å². The van der Waals surface area contributed by atoms with E-state index >= 15 is 0 Å². The van der Waals surface area contributed by atoms with Crippen LogP contribution in [-0.2, 0) is 0 Å². The van der Waals surface area contributed by atoms with Gasteiger partial charge in [0.1, 0.15) is 11.5 Å². The molecule has 0 spiro atoms. The third-order valence-corrected chi connectivity index (χ3v) is 5.79. The van der Waals surface area contributed by atoms with Crippen LogP contribution in [0.5, 0.6) is 11.5 Å². The Morgan fingerprint density at radius 2 is 1.48 bits per heavy atom. The number of ketones is 1.